The van der Waals surface area contributed by atoms with Crippen LogP contribution in [0.25, 0.3) is 0 Å². The lowest BCUT2D eigenvalue weighted by Crippen LogP contribution is -2.26. The molecule has 0 radical (unpaired) electrons. The smallest absolute Gasteiger partial charge is 0.416 e. The van der Waals surface area contributed by atoms with Crippen molar-refractivity contribution in [2.24, 2.45) is 5.10 Å². The van der Waals surface area contributed by atoms with Gasteiger partial charge >= 0.3 is 6.18 Å². The Labute approximate surface area is 152 Å². The van der Waals surface area contributed by atoms with Crippen LogP contribution in [0, 0.1) is 0 Å². The summed E-state index contributed by atoms with van der Waals surface area (Å²) in [6.45, 7) is 1.28. The predicted molar refractivity (Wildman–Crippen MR) is 93.4 cm³/mol. The summed E-state index contributed by atoms with van der Waals surface area (Å²) < 4.78 is 37.9. The van der Waals surface area contributed by atoms with Crippen molar-refractivity contribution < 1.29 is 23.1 Å². The highest BCUT2D eigenvalue weighted by Gasteiger charge is 2.30. The average Bonchev–Trinajstić information content (AvgIpc) is 2.59. The molecule has 0 saturated heterocycles. The number of phenolic OH excluding ortho intramolecular Hbond substituents is 1. The minimum absolute atomic E-state index is 0.0491. The number of nitrogens with zero attached hydrogens (tertiary/aromatic N) is 1. The molecule has 0 heterocycles. The number of rotatable bonds is 5. The summed E-state index contributed by atoms with van der Waals surface area (Å²) in [5.41, 5.74) is 2.26. The normalized spacial score (nSPS) is 12.0. The first kappa shape index (κ1) is 19.6. The van der Waals surface area contributed by atoms with Gasteiger partial charge in [-0.15, -0.1) is 0 Å². The van der Waals surface area contributed by atoms with Crippen LogP contribution in [0.1, 0.15) is 18.1 Å². The zero-order valence-corrected chi connectivity index (χ0v) is 14.3. The third-order valence-corrected chi connectivity index (χ3v) is 3.57. The fourth-order valence-electron chi connectivity index (χ4n) is 2.03. The van der Waals surface area contributed by atoms with E-state index in [1.165, 1.54) is 30.3 Å². The lowest BCUT2D eigenvalue weighted by atomic mass is 10.1. The average molecular weight is 386 g/mol. The van der Waals surface area contributed by atoms with E-state index in [1.807, 2.05) is 0 Å². The molecule has 0 fully saturated rings. The quantitative estimate of drug-likeness (QED) is 0.537. The van der Waals surface area contributed by atoms with E-state index in [-0.39, 0.29) is 18.0 Å². The number of aromatic hydroxyl groups is 1. The highest BCUT2D eigenvalue weighted by Crippen LogP contribution is 2.30. The molecule has 9 heteroatoms. The molecule has 0 saturated carbocycles. The van der Waals surface area contributed by atoms with Gasteiger partial charge in [-0.3, -0.25) is 4.79 Å². The van der Waals surface area contributed by atoms with Gasteiger partial charge in [-0.1, -0.05) is 17.7 Å². The Morgan fingerprint density at radius 1 is 1.23 bits per heavy atom. The zero-order valence-electron chi connectivity index (χ0n) is 13.6. The first-order chi connectivity index (χ1) is 12.2. The van der Waals surface area contributed by atoms with Gasteiger partial charge in [0.1, 0.15) is 5.75 Å². The van der Waals surface area contributed by atoms with Crippen LogP contribution in [0.15, 0.2) is 47.6 Å². The Balaban J connectivity index is 1.96. The summed E-state index contributed by atoms with van der Waals surface area (Å²) >= 11 is 5.84. The minimum Gasteiger partial charge on any atom is -0.507 e. The zero-order chi connectivity index (χ0) is 19.3. The number of nitrogens with one attached hydrogen (secondary N) is 2. The molecule has 0 aliphatic heterocycles. The number of carbonyl (C=O) groups is 1. The highest BCUT2D eigenvalue weighted by molar-refractivity contribution is 6.31. The van der Waals surface area contributed by atoms with Crippen molar-refractivity contribution in [2.75, 3.05) is 11.9 Å². The Morgan fingerprint density at radius 2 is 1.96 bits per heavy atom. The molecule has 3 N–H and O–H groups in total. The summed E-state index contributed by atoms with van der Waals surface area (Å²) in [4.78, 5) is 11.8. The summed E-state index contributed by atoms with van der Waals surface area (Å²) in [7, 11) is 0. The van der Waals surface area contributed by atoms with Crippen LogP contribution in [0.5, 0.6) is 5.75 Å². The molecule has 2 rings (SSSR count). The number of halogens is 4. The van der Waals surface area contributed by atoms with E-state index >= 15 is 0 Å². The number of hydrogen-bond donors (Lipinski definition) is 3. The van der Waals surface area contributed by atoms with Gasteiger partial charge in [-0.05, 0) is 43.3 Å². The van der Waals surface area contributed by atoms with E-state index in [4.69, 9.17) is 11.6 Å². The van der Waals surface area contributed by atoms with Crippen LogP contribution in [-0.4, -0.2) is 23.3 Å². The predicted octanol–water partition coefficient (Wildman–Crippen LogP) is 4.02. The third-order valence-electron chi connectivity index (χ3n) is 3.34. The van der Waals surface area contributed by atoms with Crippen molar-refractivity contribution in [3.63, 3.8) is 0 Å². The van der Waals surface area contributed by atoms with E-state index in [2.05, 4.69) is 15.8 Å². The number of benzene rings is 2. The van der Waals surface area contributed by atoms with Gasteiger partial charge in [-0.2, -0.15) is 18.3 Å². The molecular weight excluding hydrogens is 371 g/mol. The molecule has 0 aliphatic rings. The largest absolute Gasteiger partial charge is 0.507 e. The number of anilines is 1. The maximum Gasteiger partial charge on any atom is 0.416 e. The van der Waals surface area contributed by atoms with Gasteiger partial charge in [0.25, 0.3) is 5.91 Å². The first-order valence-corrected chi connectivity index (χ1v) is 7.78. The van der Waals surface area contributed by atoms with Crippen molar-refractivity contribution in [1.29, 1.82) is 0 Å². The molecule has 2 aromatic rings. The van der Waals surface area contributed by atoms with E-state index in [9.17, 15) is 23.1 Å². The Kier molecular flexibility index (Phi) is 6.10. The second kappa shape index (κ2) is 8.09. The topological polar surface area (TPSA) is 73.7 Å². The number of carbonyl (C=O) groups excluding carboxylic acids is 1. The molecule has 2 aromatic carbocycles. The third kappa shape index (κ3) is 5.38. The molecule has 138 valence electrons. The van der Waals surface area contributed by atoms with Gasteiger partial charge in [0.15, 0.2) is 0 Å². The highest BCUT2D eigenvalue weighted by atomic mass is 35.5. The van der Waals surface area contributed by atoms with Gasteiger partial charge in [-0.25, -0.2) is 5.43 Å². The van der Waals surface area contributed by atoms with Gasteiger partial charge in [0, 0.05) is 16.3 Å². The molecule has 26 heavy (non-hydrogen) atoms. The maximum absolute atomic E-state index is 12.6. The standard InChI is InChI=1S/C17H15ClF3N3O2/c1-10(14-8-12(18)5-6-15(14)25)23-24-16(26)9-22-13-4-2-3-11(7-13)17(19,20)21/h2-8,22,25H,9H2,1H3,(H,24,26)/b23-10+. The minimum atomic E-state index is -4.46. The molecule has 0 atom stereocenters. The fraction of sp³-hybridized carbons (Fsp3) is 0.176. The van der Waals surface area contributed by atoms with E-state index in [1.54, 1.807) is 6.92 Å². The van der Waals surface area contributed by atoms with Crippen molar-refractivity contribution in [3.05, 3.63) is 58.6 Å². The molecule has 0 aliphatic carbocycles. The number of hydrazone groups is 1. The Bertz CT molecular complexity index is 838. The summed E-state index contributed by atoms with van der Waals surface area (Å²) in [5.74, 6) is -0.615. The summed E-state index contributed by atoms with van der Waals surface area (Å²) in [5, 5.41) is 16.6. The number of amides is 1. The van der Waals surface area contributed by atoms with E-state index < -0.39 is 17.6 Å². The summed E-state index contributed by atoms with van der Waals surface area (Å²) in [6, 6.07) is 8.90. The summed E-state index contributed by atoms with van der Waals surface area (Å²) in [6.07, 6.45) is -4.46. The SMILES string of the molecule is C/C(=N\NC(=O)CNc1cccc(C(F)(F)F)c1)c1cc(Cl)ccc1O. The monoisotopic (exact) mass is 385 g/mol. The molecule has 0 aromatic heterocycles. The van der Waals surface area contributed by atoms with Crippen LogP contribution in [0.4, 0.5) is 18.9 Å². The van der Waals surface area contributed by atoms with Crippen molar-refractivity contribution in [2.45, 2.75) is 13.1 Å². The van der Waals surface area contributed by atoms with Crippen LogP contribution >= 0.6 is 11.6 Å². The first-order valence-electron chi connectivity index (χ1n) is 7.40. The molecule has 5 nitrogen and oxygen atoms in total. The van der Waals surface area contributed by atoms with Crippen LogP contribution < -0.4 is 10.7 Å². The Morgan fingerprint density at radius 3 is 2.65 bits per heavy atom. The van der Waals surface area contributed by atoms with Gasteiger partial charge in [0.2, 0.25) is 0 Å². The molecule has 0 spiro atoms. The number of alkyl halides is 3. The number of phenols is 1. The lowest BCUT2D eigenvalue weighted by molar-refractivity contribution is -0.137. The second-order valence-electron chi connectivity index (χ2n) is 5.33. The van der Waals surface area contributed by atoms with Crippen LogP contribution in [0.3, 0.4) is 0 Å². The van der Waals surface area contributed by atoms with Crippen LogP contribution in [-0.2, 0) is 11.0 Å². The fourth-order valence-corrected chi connectivity index (χ4v) is 2.20. The second-order valence-corrected chi connectivity index (χ2v) is 5.76. The maximum atomic E-state index is 12.6. The van der Waals surface area contributed by atoms with Crippen molar-refractivity contribution in [3.8, 4) is 5.75 Å². The molecule has 0 bridgehead atoms. The van der Waals surface area contributed by atoms with Crippen molar-refractivity contribution >= 4 is 28.9 Å². The van der Waals surface area contributed by atoms with E-state index in [0.29, 0.717) is 16.3 Å². The molecule has 0 unspecified atom stereocenters. The Hall–Kier alpha value is -2.74. The molecule has 1 amide bonds. The molecular formula is C17H15ClF3N3O2. The van der Waals surface area contributed by atoms with Gasteiger partial charge < -0.3 is 10.4 Å². The van der Waals surface area contributed by atoms with Crippen molar-refractivity contribution in [1.82, 2.24) is 5.43 Å². The lowest BCUT2D eigenvalue weighted by Gasteiger charge is -2.10. The van der Waals surface area contributed by atoms with Gasteiger partial charge in [0.05, 0.1) is 17.8 Å². The number of hydrogen-bond acceptors (Lipinski definition) is 4. The van der Waals surface area contributed by atoms with E-state index in [0.717, 1.165) is 12.1 Å². The van der Waals surface area contributed by atoms with Crippen LogP contribution in [0.2, 0.25) is 5.02 Å².